The second-order valence-corrected chi connectivity index (χ2v) is 2.86. The molecule has 0 aromatic heterocycles. The molecule has 4 N–H and O–H groups in total. The van der Waals surface area contributed by atoms with Gasteiger partial charge >= 0.3 is 11.9 Å². The molecule has 0 rings (SSSR count). The molecule has 0 saturated heterocycles. The Morgan fingerprint density at radius 2 is 2.08 bits per heavy atom. The van der Waals surface area contributed by atoms with Crippen LogP contribution in [0, 0.1) is 0 Å². The third kappa shape index (κ3) is 5.75. The van der Waals surface area contributed by atoms with Crippen LogP contribution >= 0.6 is 11.8 Å². The molecule has 0 aromatic carbocycles. The fourth-order valence-corrected chi connectivity index (χ4v) is 1.01. The van der Waals surface area contributed by atoms with Crippen LogP contribution in [-0.2, 0) is 9.59 Å². The number of carboxylic acids is 2. The fourth-order valence-electron chi connectivity index (χ4n) is 0.337. The minimum Gasteiger partial charge on any atom is -0.480 e. The van der Waals surface area contributed by atoms with Gasteiger partial charge in [0, 0.05) is 11.8 Å². The Morgan fingerprint density at radius 3 is 2.50 bits per heavy atom. The molecular formula is C6H9NO4S. The van der Waals surface area contributed by atoms with Crippen molar-refractivity contribution in [3.8, 4) is 0 Å². The maximum absolute atomic E-state index is 10.1. The summed E-state index contributed by atoms with van der Waals surface area (Å²) in [5.74, 6) is -1.99. The van der Waals surface area contributed by atoms with E-state index in [2.05, 4.69) is 0 Å². The lowest BCUT2D eigenvalue weighted by molar-refractivity contribution is -0.138. The summed E-state index contributed by atoms with van der Waals surface area (Å²) in [4.78, 5) is 20.1. The van der Waals surface area contributed by atoms with E-state index in [4.69, 9.17) is 15.9 Å². The average molecular weight is 191 g/mol. The summed E-state index contributed by atoms with van der Waals surface area (Å²) in [6, 6.07) is -0.951. The van der Waals surface area contributed by atoms with Crippen LogP contribution in [0.1, 0.15) is 0 Å². The Balaban J connectivity index is 3.56. The van der Waals surface area contributed by atoms with Crippen molar-refractivity contribution in [1.82, 2.24) is 0 Å². The van der Waals surface area contributed by atoms with Crippen molar-refractivity contribution in [3.63, 3.8) is 0 Å². The van der Waals surface area contributed by atoms with Crippen LogP contribution in [0.2, 0.25) is 0 Å². The van der Waals surface area contributed by atoms with Crippen LogP contribution < -0.4 is 5.73 Å². The molecule has 0 aliphatic rings. The van der Waals surface area contributed by atoms with Crippen LogP contribution in [0.3, 0.4) is 0 Å². The summed E-state index contributed by atoms with van der Waals surface area (Å²) in [5.41, 5.74) is 5.13. The lowest BCUT2D eigenvalue weighted by atomic mass is 10.4. The molecule has 5 nitrogen and oxygen atoms in total. The number of hydrogen-bond acceptors (Lipinski definition) is 4. The molecule has 0 saturated carbocycles. The Labute approximate surface area is 73.2 Å². The van der Waals surface area contributed by atoms with Gasteiger partial charge in [-0.2, -0.15) is 0 Å². The van der Waals surface area contributed by atoms with Gasteiger partial charge in [0.25, 0.3) is 0 Å². The molecule has 0 radical (unpaired) electrons. The molecule has 0 aliphatic carbocycles. The molecule has 6 heteroatoms. The summed E-state index contributed by atoms with van der Waals surface area (Å²) in [6.07, 6.45) is 0.930. The Kier molecular flexibility index (Phi) is 5.14. The van der Waals surface area contributed by atoms with Gasteiger partial charge in [-0.15, -0.1) is 11.8 Å². The predicted octanol–water partition coefficient (Wildman–Crippen LogP) is -0.270. The predicted molar refractivity (Wildman–Crippen MR) is 44.8 cm³/mol. The number of carboxylic acid groups (broad SMARTS) is 2. The molecule has 0 aromatic rings. The Morgan fingerprint density at radius 1 is 1.50 bits per heavy atom. The lowest BCUT2D eigenvalue weighted by Gasteiger charge is -2.01. The first-order valence-corrected chi connectivity index (χ1v) is 4.08. The van der Waals surface area contributed by atoms with Crippen molar-refractivity contribution in [3.05, 3.63) is 11.5 Å². The van der Waals surface area contributed by atoms with Gasteiger partial charge in [0.2, 0.25) is 0 Å². The van der Waals surface area contributed by atoms with Crippen LogP contribution in [0.5, 0.6) is 0 Å². The zero-order valence-electron chi connectivity index (χ0n) is 6.14. The summed E-state index contributed by atoms with van der Waals surface area (Å²) < 4.78 is 0. The maximum Gasteiger partial charge on any atom is 0.328 e. The lowest BCUT2D eigenvalue weighted by Crippen LogP contribution is -2.32. The van der Waals surface area contributed by atoms with E-state index < -0.39 is 18.0 Å². The highest BCUT2D eigenvalue weighted by molar-refractivity contribution is 8.02. The first-order chi connectivity index (χ1) is 5.54. The topological polar surface area (TPSA) is 101 Å². The SMILES string of the molecule is N[C@@H](CS/C=C/C(=O)O)C(=O)O. The Hall–Kier alpha value is -1.01. The monoisotopic (exact) mass is 191 g/mol. The first-order valence-electron chi connectivity index (χ1n) is 3.03. The van der Waals surface area contributed by atoms with Crippen LogP contribution in [0.15, 0.2) is 11.5 Å². The number of hydrogen-bond donors (Lipinski definition) is 3. The molecular weight excluding hydrogens is 182 g/mol. The van der Waals surface area contributed by atoms with Crippen molar-refractivity contribution in [2.45, 2.75) is 6.04 Å². The molecule has 0 heterocycles. The highest BCUT2D eigenvalue weighted by Gasteiger charge is 2.09. The number of rotatable bonds is 5. The zero-order chi connectivity index (χ0) is 9.56. The third-order valence-corrected chi connectivity index (χ3v) is 1.78. The van der Waals surface area contributed by atoms with E-state index in [1.807, 2.05) is 0 Å². The molecule has 0 amide bonds. The number of carbonyl (C=O) groups is 2. The third-order valence-electron chi connectivity index (χ3n) is 0.900. The number of aliphatic carboxylic acids is 2. The molecule has 0 unspecified atom stereocenters. The molecule has 1 atom stereocenters. The smallest absolute Gasteiger partial charge is 0.328 e. The van der Waals surface area contributed by atoms with Crippen LogP contribution in [-0.4, -0.2) is 33.9 Å². The fraction of sp³-hybridized carbons (Fsp3) is 0.333. The molecule has 0 spiro atoms. The minimum absolute atomic E-state index is 0.166. The second kappa shape index (κ2) is 5.62. The van der Waals surface area contributed by atoms with Crippen molar-refractivity contribution in [1.29, 1.82) is 0 Å². The molecule has 0 fully saturated rings. The second-order valence-electron chi connectivity index (χ2n) is 1.92. The Bertz CT molecular complexity index is 204. The van der Waals surface area contributed by atoms with E-state index in [1.165, 1.54) is 5.41 Å². The quantitative estimate of drug-likeness (QED) is 0.517. The van der Waals surface area contributed by atoms with Gasteiger partial charge in [0.1, 0.15) is 6.04 Å². The van der Waals surface area contributed by atoms with Crippen molar-refractivity contribution < 1.29 is 19.8 Å². The van der Waals surface area contributed by atoms with Crippen LogP contribution in [0.4, 0.5) is 0 Å². The van der Waals surface area contributed by atoms with E-state index in [0.717, 1.165) is 17.8 Å². The average Bonchev–Trinajstić information content (AvgIpc) is 1.97. The van der Waals surface area contributed by atoms with Gasteiger partial charge in [-0.1, -0.05) is 0 Å². The summed E-state index contributed by atoms with van der Waals surface area (Å²) >= 11 is 1.05. The molecule has 0 bridgehead atoms. The van der Waals surface area contributed by atoms with Gasteiger partial charge in [0.05, 0.1) is 0 Å². The minimum atomic E-state index is -1.09. The molecule has 12 heavy (non-hydrogen) atoms. The van der Waals surface area contributed by atoms with Crippen molar-refractivity contribution in [2.75, 3.05) is 5.75 Å². The van der Waals surface area contributed by atoms with E-state index >= 15 is 0 Å². The number of nitrogens with two attached hydrogens (primary N) is 1. The maximum atomic E-state index is 10.1. The van der Waals surface area contributed by atoms with E-state index in [0.29, 0.717) is 0 Å². The summed E-state index contributed by atoms with van der Waals surface area (Å²) in [6.45, 7) is 0. The largest absolute Gasteiger partial charge is 0.480 e. The van der Waals surface area contributed by atoms with Gasteiger partial charge in [-0.3, -0.25) is 4.79 Å². The van der Waals surface area contributed by atoms with Gasteiger partial charge in [-0.05, 0) is 5.41 Å². The van der Waals surface area contributed by atoms with Gasteiger partial charge in [0.15, 0.2) is 0 Å². The number of thioether (sulfide) groups is 1. The van der Waals surface area contributed by atoms with E-state index in [9.17, 15) is 9.59 Å². The van der Waals surface area contributed by atoms with Crippen molar-refractivity contribution >= 4 is 23.7 Å². The van der Waals surface area contributed by atoms with Gasteiger partial charge in [-0.25, -0.2) is 4.79 Å². The highest BCUT2D eigenvalue weighted by atomic mass is 32.2. The summed E-state index contributed by atoms with van der Waals surface area (Å²) in [5, 5.41) is 17.7. The zero-order valence-corrected chi connectivity index (χ0v) is 6.95. The van der Waals surface area contributed by atoms with Crippen LogP contribution in [0.25, 0.3) is 0 Å². The highest BCUT2D eigenvalue weighted by Crippen LogP contribution is 2.03. The molecule has 68 valence electrons. The van der Waals surface area contributed by atoms with Crippen molar-refractivity contribution in [2.24, 2.45) is 5.73 Å². The van der Waals surface area contributed by atoms with E-state index in [1.54, 1.807) is 0 Å². The first kappa shape index (κ1) is 11.0. The van der Waals surface area contributed by atoms with Gasteiger partial charge < -0.3 is 15.9 Å². The standard InChI is InChI=1S/C6H9NO4S/c7-4(6(10)11)3-12-2-1-5(8)9/h1-2,4H,3,7H2,(H,8,9)(H,10,11)/b2-1+/t4-/m0/s1. The normalized spacial score (nSPS) is 13.1. The van der Waals surface area contributed by atoms with E-state index in [-0.39, 0.29) is 5.75 Å². The summed E-state index contributed by atoms with van der Waals surface area (Å²) in [7, 11) is 0. The molecule has 0 aliphatic heterocycles.